The fourth-order valence-corrected chi connectivity index (χ4v) is 4.63. The number of carbonyl (C=O) groups excluding carboxylic acids is 1. The second-order valence-corrected chi connectivity index (χ2v) is 7.96. The number of hydrogen-bond acceptors (Lipinski definition) is 5. The monoisotopic (exact) mass is 372 g/mol. The average Bonchev–Trinajstić information content (AvgIpc) is 3.20. The van der Waals surface area contributed by atoms with Gasteiger partial charge in [-0.25, -0.2) is 0 Å². The van der Waals surface area contributed by atoms with Gasteiger partial charge in [-0.3, -0.25) is 4.79 Å². The number of rotatable bonds is 6. The maximum absolute atomic E-state index is 12.2. The van der Waals surface area contributed by atoms with Crippen molar-refractivity contribution in [3.63, 3.8) is 0 Å². The average molecular weight is 373 g/mol. The Morgan fingerprint density at radius 1 is 1.42 bits per heavy atom. The number of anilines is 1. The molecule has 2 aromatic rings. The Hall–Kier alpha value is -1.85. The third kappa shape index (κ3) is 3.64. The Bertz CT molecular complexity index is 752. The molecule has 0 spiro atoms. The molecule has 0 bridgehead atoms. The second kappa shape index (κ2) is 8.23. The Morgan fingerprint density at radius 2 is 2.23 bits per heavy atom. The molecule has 140 valence electrons. The molecule has 1 saturated heterocycles. The van der Waals surface area contributed by atoms with Crippen molar-refractivity contribution in [3.05, 3.63) is 45.6 Å². The first-order valence-corrected chi connectivity index (χ1v) is 10.3. The molecule has 0 amide bonds. The standard InChI is InChI=1S/C21H28N2O2S/c1-4-19(24)17-9-10-18(21(25)14(17)2)23(16-7-5-11-22-13-16)15(3)20-8-6-12-26-20/h6,8-10,12,15-16,22,25H,4-5,7,11,13H2,1-3H3. The fourth-order valence-electron chi connectivity index (χ4n) is 3.85. The highest BCUT2D eigenvalue weighted by Gasteiger charge is 2.29. The molecule has 2 N–H and O–H groups in total. The highest BCUT2D eigenvalue weighted by atomic mass is 32.1. The van der Waals surface area contributed by atoms with E-state index >= 15 is 0 Å². The number of aromatic hydroxyl groups is 1. The van der Waals surface area contributed by atoms with Crippen molar-refractivity contribution in [2.24, 2.45) is 0 Å². The number of nitrogens with zero attached hydrogens (tertiary/aromatic N) is 1. The van der Waals surface area contributed by atoms with Gasteiger partial charge in [0.15, 0.2) is 5.78 Å². The summed E-state index contributed by atoms with van der Waals surface area (Å²) in [6.45, 7) is 7.84. The van der Waals surface area contributed by atoms with Crippen molar-refractivity contribution >= 4 is 22.8 Å². The van der Waals surface area contributed by atoms with Crippen molar-refractivity contribution in [2.75, 3.05) is 18.0 Å². The van der Waals surface area contributed by atoms with E-state index in [0.29, 0.717) is 23.6 Å². The van der Waals surface area contributed by atoms with Crippen LogP contribution in [0.2, 0.25) is 0 Å². The van der Waals surface area contributed by atoms with E-state index < -0.39 is 0 Å². The number of thiophene rings is 1. The van der Waals surface area contributed by atoms with Crippen molar-refractivity contribution in [1.29, 1.82) is 0 Å². The van der Waals surface area contributed by atoms with Crippen LogP contribution in [0.4, 0.5) is 5.69 Å². The number of phenolic OH excluding ortho intramolecular Hbond substituents is 1. The normalized spacial score (nSPS) is 18.5. The highest BCUT2D eigenvalue weighted by molar-refractivity contribution is 7.10. The first-order valence-electron chi connectivity index (χ1n) is 9.42. The summed E-state index contributed by atoms with van der Waals surface area (Å²) in [6, 6.07) is 8.50. The molecule has 0 aliphatic carbocycles. The molecular formula is C21H28N2O2S. The van der Waals surface area contributed by atoms with Crippen LogP contribution in [0.3, 0.4) is 0 Å². The zero-order valence-electron chi connectivity index (χ0n) is 15.8. The summed E-state index contributed by atoms with van der Waals surface area (Å²) in [5.41, 5.74) is 2.13. The highest BCUT2D eigenvalue weighted by Crippen LogP contribution is 2.40. The van der Waals surface area contributed by atoms with E-state index in [-0.39, 0.29) is 17.6 Å². The quantitative estimate of drug-likeness (QED) is 0.723. The van der Waals surface area contributed by atoms with Gasteiger partial charge < -0.3 is 15.3 Å². The Labute approximate surface area is 159 Å². The van der Waals surface area contributed by atoms with Crippen LogP contribution in [0, 0.1) is 6.92 Å². The predicted molar refractivity (Wildman–Crippen MR) is 109 cm³/mol. The summed E-state index contributed by atoms with van der Waals surface area (Å²) in [7, 11) is 0. The number of nitrogens with one attached hydrogen (secondary N) is 1. The molecule has 0 radical (unpaired) electrons. The number of carbonyl (C=O) groups is 1. The molecule has 1 aromatic carbocycles. The molecule has 2 heterocycles. The van der Waals surface area contributed by atoms with Gasteiger partial charge in [-0.2, -0.15) is 0 Å². The van der Waals surface area contributed by atoms with Crippen LogP contribution in [-0.4, -0.2) is 30.0 Å². The maximum atomic E-state index is 12.2. The van der Waals surface area contributed by atoms with Gasteiger partial charge in [0.05, 0.1) is 11.7 Å². The van der Waals surface area contributed by atoms with Gasteiger partial charge >= 0.3 is 0 Å². The van der Waals surface area contributed by atoms with E-state index in [4.69, 9.17) is 0 Å². The van der Waals surface area contributed by atoms with Crippen LogP contribution in [0.1, 0.15) is 60.0 Å². The van der Waals surface area contributed by atoms with Crippen LogP contribution >= 0.6 is 11.3 Å². The van der Waals surface area contributed by atoms with Gasteiger partial charge in [-0.1, -0.05) is 13.0 Å². The number of phenols is 1. The molecular weight excluding hydrogens is 344 g/mol. The minimum Gasteiger partial charge on any atom is -0.505 e. The molecule has 2 unspecified atom stereocenters. The molecule has 5 heteroatoms. The van der Waals surface area contributed by atoms with Gasteiger partial charge in [0, 0.05) is 35.0 Å². The zero-order valence-corrected chi connectivity index (χ0v) is 16.6. The van der Waals surface area contributed by atoms with Crippen LogP contribution in [0.15, 0.2) is 29.6 Å². The summed E-state index contributed by atoms with van der Waals surface area (Å²) in [5, 5.41) is 16.5. The van der Waals surface area contributed by atoms with E-state index in [1.54, 1.807) is 11.3 Å². The van der Waals surface area contributed by atoms with Crippen molar-refractivity contribution in [1.82, 2.24) is 5.32 Å². The van der Waals surface area contributed by atoms with Crippen molar-refractivity contribution < 1.29 is 9.90 Å². The van der Waals surface area contributed by atoms with Gasteiger partial charge in [-0.05, 0) is 56.8 Å². The molecule has 0 saturated carbocycles. The molecule has 1 aromatic heterocycles. The first kappa shape index (κ1) is 18.9. The topological polar surface area (TPSA) is 52.6 Å². The van der Waals surface area contributed by atoms with Crippen molar-refractivity contribution in [2.45, 2.75) is 52.1 Å². The van der Waals surface area contributed by atoms with Crippen LogP contribution in [-0.2, 0) is 0 Å². The van der Waals surface area contributed by atoms with E-state index in [1.165, 1.54) is 4.88 Å². The van der Waals surface area contributed by atoms with Crippen LogP contribution < -0.4 is 10.2 Å². The van der Waals surface area contributed by atoms with E-state index in [1.807, 2.05) is 26.0 Å². The minimum atomic E-state index is 0.0709. The van der Waals surface area contributed by atoms with Gasteiger partial charge in [0.25, 0.3) is 0 Å². The number of hydrogen-bond donors (Lipinski definition) is 2. The summed E-state index contributed by atoms with van der Waals surface area (Å²) in [4.78, 5) is 15.8. The Balaban J connectivity index is 2.04. The number of ketones is 1. The first-order chi connectivity index (χ1) is 12.5. The minimum absolute atomic E-state index is 0.0709. The predicted octanol–water partition coefficient (Wildman–Crippen LogP) is 4.67. The Morgan fingerprint density at radius 3 is 2.85 bits per heavy atom. The van der Waals surface area contributed by atoms with Crippen LogP contribution in [0.5, 0.6) is 5.75 Å². The summed E-state index contributed by atoms with van der Waals surface area (Å²) < 4.78 is 0. The lowest BCUT2D eigenvalue weighted by molar-refractivity contribution is 0.0987. The van der Waals surface area contributed by atoms with Gasteiger partial charge in [0.2, 0.25) is 0 Å². The number of piperidine rings is 1. The zero-order chi connectivity index (χ0) is 18.7. The number of benzene rings is 1. The van der Waals surface area contributed by atoms with Gasteiger partial charge in [0.1, 0.15) is 5.75 Å². The third-order valence-corrected chi connectivity index (χ3v) is 6.39. The maximum Gasteiger partial charge on any atom is 0.163 e. The third-order valence-electron chi connectivity index (χ3n) is 5.35. The SMILES string of the molecule is CCC(=O)c1ccc(N(C2CCCNC2)C(C)c2cccs2)c(O)c1C. The van der Waals surface area contributed by atoms with E-state index in [2.05, 4.69) is 34.7 Å². The Kier molecular flexibility index (Phi) is 5.99. The molecule has 3 rings (SSSR count). The van der Waals surface area contributed by atoms with Crippen LogP contribution in [0.25, 0.3) is 0 Å². The lowest BCUT2D eigenvalue weighted by Gasteiger charge is -2.41. The lowest BCUT2D eigenvalue weighted by Crippen LogP contribution is -2.47. The molecule has 1 aliphatic rings. The summed E-state index contributed by atoms with van der Waals surface area (Å²) in [5.74, 6) is 0.305. The fraction of sp³-hybridized carbons (Fsp3) is 0.476. The molecule has 1 fully saturated rings. The number of Topliss-reactive ketones (excluding diaryl/α,β-unsaturated/α-hetero) is 1. The molecule has 26 heavy (non-hydrogen) atoms. The molecule has 1 aliphatic heterocycles. The smallest absolute Gasteiger partial charge is 0.163 e. The molecule has 2 atom stereocenters. The van der Waals surface area contributed by atoms with E-state index in [9.17, 15) is 9.90 Å². The summed E-state index contributed by atoms with van der Waals surface area (Å²) >= 11 is 1.74. The largest absolute Gasteiger partial charge is 0.505 e. The van der Waals surface area contributed by atoms with E-state index in [0.717, 1.165) is 31.6 Å². The van der Waals surface area contributed by atoms with Gasteiger partial charge in [-0.15, -0.1) is 11.3 Å². The molecule has 4 nitrogen and oxygen atoms in total. The lowest BCUT2D eigenvalue weighted by atomic mass is 9.97. The van der Waals surface area contributed by atoms with Crippen molar-refractivity contribution in [3.8, 4) is 5.75 Å². The second-order valence-electron chi connectivity index (χ2n) is 6.98. The summed E-state index contributed by atoms with van der Waals surface area (Å²) in [6.07, 6.45) is 2.67.